The highest BCUT2D eigenvalue weighted by molar-refractivity contribution is 5.41. The summed E-state index contributed by atoms with van der Waals surface area (Å²) in [4.78, 5) is 0. The van der Waals surface area contributed by atoms with E-state index in [2.05, 4.69) is 5.10 Å². The molecule has 0 amide bonds. The van der Waals surface area contributed by atoms with Crippen molar-refractivity contribution >= 4 is 5.69 Å². The molecule has 4 heteroatoms. The molecule has 0 aliphatic rings. The van der Waals surface area contributed by atoms with E-state index in [0.29, 0.717) is 12.2 Å². The normalized spacial score (nSPS) is 10.7. The second-order valence-corrected chi connectivity index (χ2v) is 3.98. The maximum absolute atomic E-state index is 13.1. The summed E-state index contributed by atoms with van der Waals surface area (Å²) >= 11 is 0. The van der Waals surface area contributed by atoms with Gasteiger partial charge in [-0.1, -0.05) is 0 Å². The van der Waals surface area contributed by atoms with Crippen LogP contribution in [0.1, 0.15) is 17.0 Å². The second-order valence-electron chi connectivity index (χ2n) is 3.98. The largest absolute Gasteiger partial charge is 0.399 e. The van der Waals surface area contributed by atoms with Gasteiger partial charge < -0.3 is 5.73 Å². The van der Waals surface area contributed by atoms with Gasteiger partial charge in [0, 0.05) is 11.4 Å². The number of nitrogens with zero attached hydrogens (tertiary/aromatic N) is 2. The van der Waals surface area contributed by atoms with Crippen LogP contribution in [0.2, 0.25) is 0 Å². The highest BCUT2D eigenvalue weighted by atomic mass is 19.1. The minimum Gasteiger partial charge on any atom is -0.399 e. The van der Waals surface area contributed by atoms with Crippen molar-refractivity contribution in [3.05, 3.63) is 47.0 Å². The van der Waals surface area contributed by atoms with Crippen LogP contribution >= 0.6 is 0 Å². The van der Waals surface area contributed by atoms with Crippen LogP contribution in [0.3, 0.4) is 0 Å². The summed E-state index contributed by atoms with van der Waals surface area (Å²) in [7, 11) is 0. The summed E-state index contributed by atoms with van der Waals surface area (Å²) in [5.74, 6) is -0.309. The SMILES string of the molecule is Cc1cc(C)n(Cc2cc(N)cc(F)c2)n1. The minimum atomic E-state index is -0.309. The van der Waals surface area contributed by atoms with Gasteiger partial charge in [-0.3, -0.25) is 4.68 Å². The van der Waals surface area contributed by atoms with Gasteiger partial charge in [-0.25, -0.2) is 4.39 Å². The number of nitrogens with two attached hydrogens (primary N) is 1. The summed E-state index contributed by atoms with van der Waals surface area (Å²) in [5, 5.41) is 4.32. The molecule has 0 saturated carbocycles. The Morgan fingerprint density at radius 2 is 2.00 bits per heavy atom. The molecule has 2 rings (SSSR count). The molecule has 16 heavy (non-hydrogen) atoms. The Labute approximate surface area is 93.7 Å². The van der Waals surface area contributed by atoms with Crippen LogP contribution in [-0.2, 0) is 6.54 Å². The lowest BCUT2D eigenvalue weighted by Gasteiger charge is -2.05. The fraction of sp³-hybridized carbons (Fsp3) is 0.250. The van der Waals surface area contributed by atoms with Gasteiger partial charge in [-0.15, -0.1) is 0 Å². The van der Waals surface area contributed by atoms with Crippen molar-refractivity contribution in [2.45, 2.75) is 20.4 Å². The first kappa shape index (κ1) is 10.7. The molecule has 1 heterocycles. The highest BCUT2D eigenvalue weighted by Gasteiger charge is 2.04. The topological polar surface area (TPSA) is 43.8 Å². The smallest absolute Gasteiger partial charge is 0.125 e. The van der Waals surface area contributed by atoms with Crippen molar-refractivity contribution in [2.75, 3.05) is 5.73 Å². The Bertz CT molecular complexity index is 497. The number of halogens is 1. The molecule has 0 bridgehead atoms. The predicted octanol–water partition coefficient (Wildman–Crippen LogP) is 2.27. The Balaban J connectivity index is 2.30. The Hall–Kier alpha value is -1.84. The van der Waals surface area contributed by atoms with Gasteiger partial charge in [0.2, 0.25) is 0 Å². The van der Waals surface area contributed by atoms with E-state index in [-0.39, 0.29) is 5.82 Å². The van der Waals surface area contributed by atoms with E-state index in [1.165, 1.54) is 12.1 Å². The summed E-state index contributed by atoms with van der Waals surface area (Å²) < 4.78 is 15.0. The van der Waals surface area contributed by atoms with Gasteiger partial charge in [-0.2, -0.15) is 5.10 Å². The van der Waals surface area contributed by atoms with Crippen molar-refractivity contribution in [2.24, 2.45) is 0 Å². The molecule has 84 valence electrons. The van der Waals surface area contributed by atoms with Crippen molar-refractivity contribution < 1.29 is 4.39 Å². The Morgan fingerprint density at radius 1 is 1.25 bits per heavy atom. The van der Waals surface area contributed by atoms with E-state index in [1.807, 2.05) is 24.6 Å². The van der Waals surface area contributed by atoms with Crippen LogP contribution in [0.5, 0.6) is 0 Å². The molecular formula is C12H14FN3. The molecule has 0 spiro atoms. The van der Waals surface area contributed by atoms with Crippen LogP contribution in [0.25, 0.3) is 0 Å². The third-order valence-electron chi connectivity index (χ3n) is 2.42. The standard InChI is InChI=1S/C12H14FN3/c1-8-3-9(2)16(15-8)7-10-4-11(13)6-12(14)5-10/h3-6H,7,14H2,1-2H3. The number of aryl methyl sites for hydroxylation is 2. The lowest BCUT2D eigenvalue weighted by Crippen LogP contribution is -2.04. The van der Waals surface area contributed by atoms with Gasteiger partial charge in [0.05, 0.1) is 12.2 Å². The fourth-order valence-corrected chi connectivity index (χ4v) is 1.77. The zero-order valence-corrected chi connectivity index (χ0v) is 9.37. The monoisotopic (exact) mass is 219 g/mol. The summed E-state index contributed by atoms with van der Waals surface area (Å²) in [6, 6.07) is 6.54. The molecular weight excluding hydrogens is 205 g/mol. The minimum absolute atomic E-state index is 0.309. The zero-order valence-electron chi connectivity index (χ0n) is 9.37. The van der Waals surface area contributed by atoms with Crippen molar-refractivity contribution in [1.29, 1.82) is 0 Å². The molecule has 0 radical (unpaired) electrons. The maximum Gasteiger partial charge on any atom is 0.125 e. The molecule has 3 nitrogen and oxygen atoms in total. The lowest BCUT2D eigenvalue weighted by atomic mass is 10.2. The first-order valence-electron chi connectivity index (χ1n) is 5.10. The highest BCUT2D eigenvalue weighted by Crippen LogP contribution is 2.13. The molecule has 0 fully saturated rings. The number of aromatic nitrogens is 2. The van der Waals surface area contributed by atoms with Crippen molar-refractivity contribution in [1.82, 2.24) is 9.78 Å². The molecule has 2 N–H and O–H groups in total. The van der Waals surface area contributed by atoms with Gasteiger partial charge in [0.25, 0.3) is 0 Å². The molecule has 0 saturated heterocycles. The van der Waals surface area contributed by atoms with Crippen molar-refractivity contribution in [3.63, 3.8) is 0 Å². The van der Waals surface area contributed by atoms with E-state index < -0.39 is 0 Å². The van der Waals surface area contributed by atoms with Crippen LogP contribution < -0.4 is 5.73 Å². The van der Waals surface area contributed by atoms with Gasteiger partial charge >= 0.3 is 0 Å². The van der Waals surface area contributed by atoms with Gasteiger partial charge in [0.15, 0.2) is 0 Å². The average molecular weight is 219 g/mol. The quantitative estimate of drug-likeness (QED) is 0.787. The number of hydrogen-bond acceptors (Lipinski definition) is 2. The van der Waals surface area contributed by atoms with E-state index in [1.54, 1.807) is 6.07 Å². The lowest BCUT2D eigenvalue weighted by molar-refractivity contribution is 0.616. The van der Waals surface area contributed by atoms with E-state index >= 15 is 0 Å². The fourth-order valence-electron chi connectivity index (χ4n) is 1.77. The molecule has 1 aromatic heterocycles. The number of nitrogen functional groups attached to an aromatic ring is 1. The third-order valence-corrected chi connectivity index (χ3v) is 2.42. The van der Waals surface area contributed by atoms with Crippen LogP contribution in [0.15, 0.2) is 24.3 Å². The Morgan fingerprint density at radius 3 is 2.56 bits per heavy atom. The number of anilines is 1. The molecule has 1 aromatic carbocycles. The van der Waals surface area contributed by atoms with E-state index in [0.717, 1.165) is 17.0 Å². The zero-order chi connectivity index (χ0) is 11.7. The van der Waals surface area contributed by atoms with Gasteiger partial charge in [0.1, 0.15) is 5.82 Å². The van der Waals surface area contributed by atoms with Crippen molar-refractivity contribution in [3.8, 4) is 0 Å². The third kappa shape index (κ3) is 2.21. The van der Waals surface area contributed by atoms with Crippen LogP contribution in [-0.4, -0.2) is 9.78 Å². The van der Waals surface area contributed by atoms with E-state index in [9.17, 15) is 4.39 Å². The summed E-state index contributed by atoms with van der Waals surface area (Å²) in [6.07, 6.45) is 0. The number of benzene rings is 1. The Kier molecular flexibility index (Phi) is 2.64. The second kappa shape index (κ2) is 3.96. The van der Waals surface area contributed by atoms with Crippen LogP contribution in [0.4, 0.5) is 10.1 Å². The first-order valence-corrected chi connectivity index (χ1v) is 5.10. The predicted molar refractivity (Wildman–Crippen MR) is 61.6 cm³/mol. The summed E-state index contributed by atoms with van der Waals surface area (Å²) in [6.45, 7) is 4.45. The van der Waals surface area contributed by atoms with Gasteiger partial charge in [-0.05, 0) is 43.7 Å². The molecule has 0 unspecified atom stereocenters. The number of rotatable bonds is 2. The molecule has 0 atom stereocenters. The number of hydrogen-bond donors (Lipinski definition) is 1. The molecule has 2 aromatic rings. The average Bonchev–Trinajstić information content (AvgIpc) is 2.43. The summed E-state index contributed by atoms with van der Waals surface area (Å²) in [5.41, 5.74) is 8.87. The molecule has 0 aliphatic heterocycles. The maximum atomic E-state index is 13.1. The van der Waals surface area contributed by atoms with Crippen LogP contribution in [0, 0.1) is 19.7 Å². The first-order chi connectivity index (χ1) is 7.54. The molecule has 0 aliphatic carbocycles. The van der Waals surface area contributed by atoms with E-state index in [4.69, 9.17) is 5.73 Å².